The number of rotatable bonds is 9. The molecule has 1 aromatic heterocycles. The van der Waals surface area contributed by atoms with E-state index in [1.807, 2.05) is 46.4 Å². The lowest BCUT2D eigenvalue weighted by Gasteiger charge is -2.50. The highest BCUT2D eigenvalue weighted by atomic mass is 19.1. The maximum absolute atomic E-state index is 14.1. The number of amides is 2. The molecule has 1 aliphatic rings. The highest BCUT2D eigenvalue weighted by molar-refractivity contribution is 5.97. The van der Waals surface area contributed by atoms with E-state index < -0.39 is 17.5 Å². The molecule has 37 heavy (non-hydrogen) atoms. The molecule has 1 N–H and O–H groups in total. The van der Waals surface area contributed by atoms with Crippen LogP contribution in [0.15, 0.2) is 30.7 Å². The van der Waals surface area contributed by atoms with Gasteiger partial charge in [-0.1, -0.05) is 6.92 Å². The van der Waals surface area contributed by atoms with Crippen molar-refractivity contribution in [2.45, 2.75) is 66.5 Å². The molecule has 0 unspecified atom stereocenters. The SMILES string of the molecule is CCN(C(=O)c1cc(F)ccc1Oc1cncnc1N1CC(CC)(CNC(=O)OC(C)(C)C)C1)C(C)C. The summed E-state index contributed by atoms with van der Waals surface area (Å²) in [4.78, 5) is 37.5. The number of ether oxygens (including phenoxy) is 2. The van der Waals surface area contributed by atoms with E-state index in [1.54, 1.807) is 4.90 Å². The van der Waals surface area contributed by atoms with Crippen molar-refractivity contribution < 1.29 is 23.5 Å². The van der Waals surface area contributed by atoms with Crippen LogP contribution in [-0.4, -0.2) is 64.7 Å². The molecule has 1 aliphatic heterocycles. The number of nitrogens with zero attached hydrogens (tertiary/aromatic N) is 4. The third-order valence-corrected chi connectivity index (χ3v) is 6.38. The van der Waals surface area contributed by atoms with Gasteiger partial charge in [-0.3, -0.25) is 4.79 Å². The van der Waals surface area contributed by atoms with Crippen molar-refractivity contribution in [2.24, 2.45) is 5.41 Å². The van der Waals surface area contributed by atoms with Gasteiger partial charge in [-0.25, -0.2) is 19.2 Å². The third-order valence-electron chi connectivity index (χ3n) is 6.38. The van der Waals surface area contributed by atoms with Crippen LogP contribution in [0.3, 0.4) is 0 Å². The van der Waals surface area contributed by atoms with Crippen LogP contribution in [0.25, 0.3) is 0 Å². The number of aromatic nitrogens is 2. The molecular formula is C27H38FN5O4. The zero-order valence-electron chi connectivity index (χ0n) is 22.8. The second-order valence-corrected chi connectivity index (χ2v) is 10.7. The summed E-state index contributed by atoms with van der Waals surface area (Å²) >= 11 is 0. The summed E-state index contributed by atoms with van der Waals surface area (Å²) in [5, 5.41) is 2.88. The molecule has 0 saturated carbocycles. The summed E-state index contributed by atoms with van der Waals surface area (Å²) in [5.74, 6) is 0.326. The average Bonchev–Trinajstić information content (AvgIpc) is 2.79. The quantitative estimate of drug-likeness (QED) is 0.501. The fourth-order valence-electron chi connectivity index (χ4n) is 4.34. The first-order chi connectivity index (χ1) is 17.4. The van der Waals surface area contributed by atoms with Crippen LogP contribution in [0.1, 0.15) is 65.2 Å². The Bertz CT molecular complexity index is 1110. The maximum atomic E-state index is 14.1. The summed E-state index contributed by atoms with van der Waals surface area (Å²) < 4.78 is 25.6. The summed E-state index contributed by atoms with van der Waals surface area (Å²) in [5.41, 5.74) is -0.570. The molecule has 3 rings (SSSR count). The topological polar surface area (TPSA) is 96.9 Å². The smallest absolute Gasteiger partial charge is 0.407 e. The molecule has 2 heterocycles. The normalized spacial score (nSPS) is 14.7. The molecular weight excluding hydrogens is 477 g/mol. The zero-order valence-corrected chi connectivity index (χ0v) is 22.8. The Morgan fingerprint density at radius 3 is 2.51 bits per heavy atom. The van der Waals surface area contributed by atoms with Crippen LogP contribution in [0, 0.1) is 11.2 Å². The van der Waals surface area contributed by atoms with Gasteiger partial charge in [-0.15, -0.1) is 0 Å². The van der Waals surface area contributed by atoms with Crippen LogP contribution < -0.4 is 15.0 Å². The van der Waals surface area contributed by atoms with Crippen molar-refractivity contribution in [1.29, 1.82) is 0 Å². The van der Waals surface area contributed by atoms with Crippen LogP contribution in [0.2, 0.25) is 0 Å². The van der Waals surface area contributed by atoms with Crippen molar-refractivity contribution >= 4 is 17.8 Å². The molecule has 2 aromatic rings. The standard InChI is InChI=1S/C27H38FN5O4/c1-8-27(14-30-25(35)37-26(5,6)7)15-32(16-27)23-22(13-29-17-31-23)36-21-11-10-19(28)12-20(21)24(34)33(9-2)18(3)4/h10-13,17-18H,8-9,14-16H2,1-7H3,(H,30,35). The number of carbonyl (C=O) groups excluding carboxylic acids is 2. The van der Waals surface area contributed by atoms with Crippen molar-refractivity contribution in [3.05, 3.63) is 42.1 Å². The molecule has 1 saturated heterocycles. The number of benzene rings is 1. The van der Waals surface area contributed by atoms with Gasteiger partial charge in [0.15, 0.2) is 11.6 Å². The second-order valence-electron chi connectivity index (χ2n) is 10.7. The molecule has 202 valence electrons. The molecule has 0 atom stereocenters. The van der Waals surface area contributed by atoms with Crippen LogP contribution in [-0.2, 0) is 4.74 Å². The van der Waals surface area contributed by atoms with E-state index in [0.29, 0.717) is 37.7 Å². The third kappa shape index (κ3) is 6.87. The molecule has 0 radical (unpaired) electrons. The minimum Gasteiger partial charge on any atom is -0.451 e. The van der Waals surface area contributed by atoms with E-state index in [-0.39, 0.29) is 28.7 Å². The molecule has 1 aromatic carbocycles. The molecule has 9 nitrogen and oxygen atoms in total. The predicted molar refractivity (Wildman–Crippen MR) is 140 cm³/mol. The van der Waals surface area contributed by atoms with E-state index in [0.717, 1.165) is 6.42 Å². The summed E-state index contributed by atoms with van der Waals surface area (Å²) in [6.45, 7) is 15.5. The Morgan fingerprint density at radius 2 is 1.92 bits per heavy atom. The van der Waals surface area contributed by atoms with Crippen molar-refractivity contribution in [3.63, 3.8) is 0 Å². The number of alkyl carbamates (subject to hydrolysis) is 1. The van der Waals surface area contributed by atoms with Gasteiger partial charge in [0.25, 0.3) is 5.91 Å². The lowest BCUT2D eigenvalue weighted by molar-refractivity contribution is 0.0484. The molecule has 1 fully saturated rings. The Hall–Kier alpha value is -3.43. The lowest BCUT2D eigenvalue weighted by atomic mass is 9.77. The maximum Gasteiger partial charge on any atom is 0.407 e. The lowest BCUT2D eigenvalue weighted by Crippen LogP contribution is -2.61. The Balaban J connectivity index is 1.77. The van der Waals surface area contributed by atoms with Crippen molar-refractivity contribution in [2.75, 3.05) is 31.1 Å². The fourth-order valence-corrected chi connectivity index (χ4v) is 4.34. The van der Waals surface area contributed by atoms with Crippen LogP contribution in [0.4, 0.5) is 15.0 Å². The van der Waals surface area contributed by atoms with Gasteiger partial charge in [-0.05, 0) is 66.2 Å². The molecule has 2 amide bonds. The van der Waals surface area contributed by atoms with Gasteiger partial charge >= 0.3 is 6.09 Å². The van der Waals surface area contributed by atoms with Crippen molar-refractivity contribution in [3.8, 4) is 11.5 Å². The Labute approximate surface area is 218 Å². The first kappa shape index (κ1) is 28.1. The zero-order chi connectivity index (χ0) is 27.4. The van der Waals surface area contributed by atoms with Crippen molar-refractivity contribution in [1.82, 2.24) is 20.2 Å². The van der Waals surface area contributed by atoms with E-state index in [4.69, 9.17) is 9.47 Å². The first-order valence-electron chi connectivity index (χ1n) is 12.7. The number of hydrogen-bond donors (Lipinski definition) is 1. The largest absolute Gasteiger partial charge is 0.451 e. The van der Waals surface area contributed by atoms with Gasteiger partial charge in [0.1, 0.15) is 23.5 Å². The fraction of sp³-hybridized carbons (Fsp3) is 0.556. The Morgan fingerprint density at radius 1 is 1.22 bits per heavy atom. The summed E-state index contributed by atoms with van der Waals surface area (Å²) in [7, 11) is 0. The summed E-state index contributed by atoms with van der Waals surface area (Å²) in [6.07, 6.45) is 3.37. The van der Waals surface area contributed by atoms with Crippen LogP contribution >= 0.6 is 0 Å². The van der Waals surface area contributed by atoms with E-state index in [9.17, 15) is 14.0 Å². The minimum absolute atomic E-state index is 0.0539. The first-order valence-corrected chi connectivity index (χ1v) is 12.7. The van der Waals surface area contributed by atoms with E-state index >= 15 is 0 Å². The Kier molecular flexibility index (Phi) is 8.60. The van der Waals surface area contributed by atoms with E-state index in [2.05, 4.69) is 22.2 Å². The molecule has 0 bridgehead atoms. The van der Waals surface area contributed by atoms with Gasteiger partial charge < -0.3 is 24.6 Å². The van der Waals surface area contributed by atoms with E-state index in [1.165, 1.54) is 30.7 Å². The van der Waals surface area contributed by atoms with Gasteiger partial charge in [0.2, 0.25) is 0 Å². The number of halogens is 1. The monoisotopic (exact) mass is 515 g/mol. The van der Waals surface area contributed by atoms with Gasteiger partial charge in [0.05, 0.1) is 11.8 Å². The van der Waals surface area contributed by atoms with Gasteiger partial charge in [0, 0.05) is 37.6 Å². The average molecular weight is 516 g/mol. The predicted octanol–water partition coefficient (Wildman–Crippen LogP) is 5.02. The van der Waals surface area contributed by atoms with Crippen LogP contribution in [0.5, 0.6) is 11.5 Å². The second kappa shape index (κ2) is 11.3. The summed E-state index contributed by atoms with van der Waals surface area (Å²) in [6, 6.07) is 3.85. The number of nitrogens with one attached hydrogen (secondary N) is 1. The highest BCUT2D eigenvalue weighted by Gasteiger charge is 2.43. The number of anilines is 1. The molecule has 0 spiro atoms. The molecule has 10 heteroatoms. The highest BCUT2D eigenvalue weighted by Crippen LogP contribution is 2.41. The van der Waals surface area contributed by atoms with Gasteiger partial charge in [-0.2, -0.15) is 0 Å². The number of carbonyl (C=O) groups is 2. The molecule has 0 aliphatic carbocycles. The number of hydrogen-bond acceptors (Lipinski definition) is 7. The minimum atomic E-state index is -0.563.